The minimum Gasteiger partial charge on any atom is -0.464 e. The van der Waals surface area contributed by atoms with E-state index >= 15 is 0 Å². The second-order valence-electron chi connectivity index (χ2n) is 5.15. The van der Waals surface area contributed by atoms with Gasteiger partial charge in [-0.1, -0.05) is 0 Å². The van der Waals surface area contributed by atoms with Crippen LogP contribution in [0.3, 0.4) is 0 Å². The number of nitrogens with one attached hydrogen (secondary N) is 2. The lowest BCUT2D eigenvalue weighted by atomic mass is 10.3. The summed E-state index contributed by atoms with van der Waals surface area (Å²) in [5, 5.41) is 2.94. The molecule has 1 aliphatic carbocycles. The van der Waals surface area contributed by atoms with E-state index in [1.807, 2.05) is 0 Å². The second-order valence-corrected chi connectivity index (χ2v) is 6.83. The Kier molecular flexibility index (Phi) is 4.85. The lowest BCUT2D eigenvalue weighted by Crippen LogP contribution is -2.33. The van der Waals surface area contributed by atoms with Gasteiger partial charge in [-0.25, -0.2) is 13.1 Å². The van der Waals surface area contributed by atoms with E-state index in [0.717, 1.165) is 19.3 Å². The molecule has 1 aromatic heterocycles. The fourth-order valence-electron chi connectivity index (χ4n) is 2.60. The molecule has 1 saturated carbocycles. The third-order valence-electron chi connectivity index (χ3n) is 3.60. The first-order valence-corrected chi connectivity index (χ1v) is 8.23. The first kappa shape index (κ1) is 15.5. The van der Waals surface area contributed by atoms with Crippen molar-refractivity contribution in [3.63, 3.8) is 0 Å². The fourth-order valence-corrected chi connectivity index (χ4v) is 4.08. The van der Waals surface area contributed by atoms with Crippen LogP contribution in [-0.2, 0) is 21.3 Å². The van der Waals surface area contributed by atoms with Crippen LogP contribution in [0.1, 0.15) is 30.8 Å². The van der Waals surface area contributed by atoms with Gasteiger partial charge < -0.3 is 14.5 Å². The maximum absolute atomic E-state index is 12.4. The molecule has 20 heavy (non-hydrogen) atoms. The predicted octanol–water partition coefficient (Wildman–Crippen LogP) is 1.15. The van der Waals surface area contributed by atoms with E-state index < -0.39 is 10.0 Å². The molecule has 2 N–H and O–H groups in total. The first-order valence-electron chi connectivity index (χ1n) is 6.75. The third kappa shape index (κ3) is 3.41. The van der Waals surface area contributed by atoms with Gasteiger partial charge >= 0.3 is 0 Å². The summed E-state index contributed by atoms with van der Waals surface area (Å²) >= 11 is 0. The predicted molar refractivity (Wildman–Crippen MR) is 75.0 cm³/mol. The van der Waals surface area contributed by atoms with Crippen molar-refractivity contribution in [2.45, 2.75) is 49.8 Å². The molecule has 2 rings (SSSR count). The lowest BCUT2D eigenvalue weighted by Gasteiger charge is -2.12. The Bertz CT molecular complexity index is 553. The van der Waals surface area contributed by atoms with Crippen LogP contribution in [0.4, 0.5) is 0 Å². The Hall–Kier alpha value is -0.890. The molecule has 0 aromatic carbocycles. The van der Waals surface area contributed by atoms with Crippen LogP contribution < -0.4 is 10.0 Å². The maximum Gasteiger partial charge on any atom is 0.244 e. The van der Waals surface area contributed by atoms with Crippen molar-refractivity contribution in [3.8, 4) is 0 Å². The number of methoxy groups -OCH3 is 1. The highest BCUT2D eigenvalue weighted by atomic mass is 32.2. The summed E-state index contributed by atoms with van der Waals surface area (Å²) in [6.07, 6.45) is 2.56. The first-order chi connectivity index (χ1) is 9.46. The van der Waals surface area contributed by atoms with Gasteiger partial charge in [-0.05, 0) is 33.2 Å². The van der Waals surface area contributed by atoms with Crippen LogP contribution in [0, 0.1) is 6.92 Å². The molecule has 114 valence electrons. The molecule has 2 unspecified atom stereocenters. The largest absolute Gasteiger partial charge is 0.464 e. The average Bonchev–Trinajstić information content (AvgIpc) is 2.96. The smallest absolute Gasteiger partial charge is 0.244 e. The zero-order valence-electron chi connectivity index (χ0n) is 12.1. The Morgan fingerprint density at radius 1 is 1.45 bits per heavy atom. The highest BCUT2D eigenvalue weighted by molar-refractivity contribution is 7.89. The average molecular weight is 302 g/mol. The van der Waals surface area contributed by atoms with Crippen molar-refractivity contribution in [3.05, 3.63) is 17.6 Å². The van der Waals surface area contributed by atoms with Crippen molar-refractivity contribution >= 4 is 10.0 Å². The van der Waals surface area contributed by atoms with E-state index in [9.17, 15) is 8.42 Å². The van der Waals surface area contributed by atoms with Crippen LogP contribution in [-0.4, -0.2) is 34.7 Å². The van der Waals surface area contributed by atoms with Gasteiger partial charge in [0.2, 0.25) is 10.0 Å². The Balaban J connectivity index is 2.10. The number of hydrogen-bond donors (Lipinski definition) is 2. The topological polar surface area (TPSA) is 80.6 Å². The minimum absolute atomic E-state index is 0.0630. The van der Waals surface area contributed by atoms with Crippen LogP contribution in [0.5, 0.6) is 0 Å². The highest BCUT2D eigenvalue weighted by Crippen LogP contribution is 2.25. The van der Waals surface area contributed by atoms with Gasteiger partial charge in [-0.15, -0.1) is 0 Å². The zero-order valence-corrected chi connectivity index (χ0v) is 12.9. The Labute approximate surface area is 119 Å². The normalized spacial score (nSPS) is 23.4. The summed E-state index contributed by atoms with van der Waals surface area (Å²) in [5.74, 6) is 1.04. The van der Waals surface area contributed by atoms with E-state index in [2.05, 4.69) is 10.0 Å². The molecule has 0 radical (unpaired) electrons. The quantitative estimate of drug-likeness (QED) is 0.824. The number of hydrogen-bond acceptors (Lipinski definition) is 5. The van der Waals surface area contributed by atoms with Gasteiger partial charge in [-0.2, -0.15) is 0 Å². The molecule has 1 aliphatic rings. The number of sulfonamides is 1. The van der Waals surface area contributed by atoms with Gasteiger partial charge in [0.1, 0.15) is 16.4 Å². The van der Waals surface area contributed by atoms with E-state index in [-0.39, 0.29) is 17.0 Å². The molecular formula is C13H22N2O4S. The number of ether oxygens (including phenoxy) is 1. The van der Waals surface area contributed by atoms with Crippen LogP contribution in [0.15, 0.2) is 15.4 Å². The van der Waals surface area contributed by atoms with Crippen molar-refractivity contribution < 1.29 is 17.6 Å². The third-order valence-corrected chi connectivity index (χ3v) is 5.23. The molecule has 0 amide bonds. The van der Waals surface area contributed by atoms with E-state index in [4.69, 9.17) is 9.15 Å². The van der Waals surface area contributed by atoms with Crippen molar-refractivity contribution in [1.82, 2.24) is 10.0 Å². The van der Waals surface area contributed by atoms with Gasteiger partial charge in [-0.3, -0.25) is 0 Å². The molecule has 1 heterocycles. The van der Waals surface area contributed by atoms with Crippen LogP contribution >= 0.6 is 0 Å². The Morgan fingerprint density at radius 3 is 2.80 bits per heavy atom. The van der Waals surface area contributed by atoms with E-state index in [1.54, 1.807) is 27.1 Å². The van der Waals surface area contributed by atoms with Gasteiger partial charge in [0, 0.05) is 19.2 Å². The van der Waals surface area contributed by atoms with Crippen molar-refractivity contribution in [2.24, 2.45) is 0 Å². The van der Waals surface area contributed by atoms with Crippen molar-refractivity contribution in [1.29, 1.82) is 0 Å². The fraction of sp³-hybridized carbons (Fsp3) is 0.692. The van der Waals surface area contributed by atoms with Gasteiger partial charge in [0.15, 0.2) is 0 Å². The lowest BCUT2D eigenvalue weighted by molar-refractivity contribution is 0.107. The van der Waals surface area contributed by atoms with Crippen molar-refractivity contribution in [2.75, 3.05) is 14.2 Å². The summed E-state index contributed by atoms with van der Waals surface area (Å²) < 4.78 is 38.2. The molecule has 0 aliphatic heterocycles. The van der Waals surface area contributed by atoms with Crippen LogP contribution in [0.25, 0.3) is 0 Å². The zero-order chi connectivity index (χ0) is 14.8. The van der Waals surface area contributed by atoms with E-state index in [0.29, 0.717) is 18.1 Å². The molecule has 0 bridgehead atoms. The van der Waals surface area contributed by atoms with Crippen LogP contribution in [0.2, 0.25) is 0 Å². The second kappa shape index (κ2) is 6.26. The Morgan fingerprint density at radius 2 is 2.20 bits per heavy atom. The SMILES string of the molecule is CNCc1cc(S(=O)(=O)NC2CCC(OC)C2)c(C)o1. The molecule has 0 spiro atoms. The summed E-state index contributed by atoms with van der Waals surface area (Å²) in [6.45, 7) is 2.17. The molecular weight excluding hydrogens is 280 g/mol. The minimum atomic E-state index is -3.53. The molecule has 1 aromatic rings. The summed E-state index contributed by atoms with van der Waals surface area (Å²) in [5.41, 5.74) is 0. The highest BCUT2D eigenvalue weighted by Gasteiger charge is 2.30. The monoisotopic (exact) mass is 302 g/mol. The molecule has 6 nitrogen and oxygen atoms in total. The van der Waals surface area contributed by atoms with Gasteiger partial charge in [0.25, 0.3) is 0 Å². The number of furan rings is 1. The molecule has 1 fully saturated rings. The summed E-state index contributed by atoms with van der Waals surface area (Å²) in [7, 11) is -0.0866. The summed E-state index contributed by atoms with van der Waals surface area (Å²) in [4.78, 5) is 0.226. The van der Waals surface area contributed by atoms with Gasteiger partial charge in [0.05, 0.1) is 12.6 Å². The van der Waals surface area contributed by atoms with E-state index in [1.165, 1.54) is 0 Å². The number of aryl methyl sites for hydroxylation is 1. The molecule has 0 saturated heterocycles. The summed E-state index contributed by atoms with van der Waals surface area (Å²) in [6, 6.07) is 1.52. The standard InChI is InChI=1S/C13H22N2O4S/c1-9-13(7-12(19-9)8-14-2)20(16,17)15-10-4-5-11(6-10)18-3/h7,10-11,14-15H,4-6,8H2,1-3H3. The molecule has 2 atom stereocenters. The molecule has 7 heteroatoms. The maximum atomic E-state index is 12.4. The number of rotatable bonds is 6.